The van der Waals surface area contributed by atoms with E-state index in [9.17, 15) is 24.4 Å². The Morgan fingerprint density at radius 1 is 1.22 bits per heavy atom. The molecule has 0 aliphatic heterocycles. The molecule has 186 valence electrons. The third kappa shape index (κ3) is 5.02. The number of hydrogen-bond acceptors (Lipinski definition) is 6. The number of benzene rings is 2. The van der Waals surface area contributed by atoms with Crippen molar-refractivity contribution in [2.75, 3.05) is 12.4 Å². The molecule has 2 aromatic carbocycles. The highest BCUT2D eigenvalue weighted by Gasteiger charge is 2.21. The number of amides is 1. The number of aromatic nitrogens is 4. The van der Waals surface area contributed by atoms with E-state index in [1.165, 1.54) is 19.2 Å². The second-order valence-corrected chi connectivity index (χ2v) is 9.75. The molecular formula is C24H25N6O5P. The van der Waals surface area contributed by atoms with E-state index in [1.807, 2.05) is 13.8 Å². The van der Waals surface area contributed by atoms with Gasteiger partial charge in [0.1, 0.15) is 17.0 Å². The van der Waals surface area contributed by atoms with E-state index in [2.05, 4.69) is 21.5 Å². The Morgan fingerprint density at radius 2 is 1.94 bits per heavy atom. The van der Waals surface area contributed by atoms with Gasteiger partial charge < -0.3 is 19.1 Å². The summed E-state index contributed by atoms with van der Waals surface area (Å²) in [6.07, 6.45) is 0.477. The summed E-state index contributed by atoms with van der Waals surface area (Å²) in [6.45, 7) is 4.60. The third-order valence-electron chi connectivity index (χ3n) is 5.71. The highest BCUT2D eigenvalue weighted by molar-refractivity contribution is 7.60. The molecule has 2 heterocycles. The SMILES string of the molecule is CCn1nc(C)cc1C(=O)Nc1nc2cc(C#N)cc(OC)c2n1CCc1ccc(P(=O)(O)O)cc1. The van der Waals surface area contributed by atoms with E-state index < -0.39 is 7.60 Å². The summed E-state index contributed by atoms with van der Waals surface area (Å²) >= 11 is 0. The van der Waals surface area contributed by atoms with Gasteiger partial charge in [0.2, 0.25) is 5.95 Å². The van der Waals surface area contributed by atoms with E-state index in [0.29, 0.717) is 47.6 Å². The van der Waals surface area contributed by atoms with Gasteiger partial charge in [-0.1, -0.05) is 12.1 Å². The second-order valence-electron chi connectivity index (χ2n) is 8.15. The van der Waals surface area contributed by atoms with Crippen LogP contribution < -0.4 is 15.4 Å². The van der Waals surface area contributed by atoms with Crippen LogP contribution in [0.3, 0.4) is 0 Å². The molecule has 0 radical (unpaired) electrons. The van der Waals surface area contributed by atoms with Crippen molar-refractivity contribution in [3.63, 3.8) is 0 Å². The van der Waals surface area contributed by atoms with Crippen LogP contribution in [0.5, 0.6) is 5.75 Å². The molecule has 0 bridgehead atoms. The number of nitrogens with zero attached hydrogens (tertiary/aromatic N) is 5. The molecule has 4 aromatic rings. The van der Waals surface area contributed by atoms with Crippen LogP contribution in [0, 0.1) is 18.3 Å². The van der Waals surface area contributed by atoms with Gasteiger partial charge >= 0.3 is 7.60 Å². The van der Waals surface area contributed by atoms with Crippen LogP contribution in [0.1, 0.15) is 34.2 Å². The Bertz CT molecular complexity index is 1530. The molecule has 0 aliphatic rings. The molecule has 3 N–H and O–H groups in total. The number of anilines is 1. The van der Waals surface area contributed by atoms with Crippen molar-refractivity contribution >= 4 is 35.8 Å². The zero-order valence-electron chi connectivity index (χ0n) is 20.0. The maximum atomic E-state index is 13.1. The molecule has 0 spiro atoms. The van der Waals surface area contributed by atoms with Gasteiger partial charge in [0.05, 0.1) is 35.3 Å². The van der Waals surface area contributed by atoms with Crippen molar-refractivity contribution in [3.8, 4) is 11.8 Å². The zero-order valence-corrected chi connectivity index (χ0v) is 20.9. The normalized spacial score (nSPS) is 11.4. The fourth-order valence-electron chi connectivity index (χ4n) is 4.00. The van der Waals surface area contributed by atoms with Crippen molar-refractivity contribution in [3.05, 3.63) is 65.0 Å². The van der Waals surface area contributed by atoms with E-state index in [1.54, 1.807) is 39.6 Å². The van der Waals surface area contributed by atoms with Gasteiger partial charge in [-0.05, 0) is 50.1 Å². The maximum absolute atomic E-state index is 13.1. The largest absolute Gasteiger partial charge is 0.494 e. The van der Waals surface area contributed by atoms with Gasteiger partial charge in [-0.3, -0.25) is 19.4 Å². The lowest BCUT2D eigenvalue weighted by Gasteiger charge is -2.13. The van der Waals surface area contributed by atoms with Crippen molar-refractivity contribution < 1.29 is 23.9 Å². The number of nitrogens with one attached hydrogen (secondary N) is 1. The zero-order chi connectivity index (χ0) is 26.0. The van der Waals surface area contributed by atoms with Crippen molar-refractivity contribution in [2.24, 2.45) is 0 Å². The van der Waals surface area contributed by atoms with Crippen molar-refractivity contribution in [1.82, 2.24) is 19.3 Å². The van der Waals surface area contributed by atoms with Gasteiger partial charge in [-0.15, -0.1) is 0 Å². The first-order valence-electron chi connectivity index (χ1n) is 11.1. The molecule has 2 aromatic heterocycles. The fraction of sp³-hybridized carbons (Fsp3) is 0.250. The molecule has 12 heteroatoms. The smallest absolute Gasteiger partial charge is 0.356 e. The number of methoxy groups -OCH3 is 1. The summed E-state index contributed by atoms with van der Waals surface area (Å²) < 4.78 is 20.4. The predicted molar refractivity (Wildman–Crippen MR) is 133 cm³/mol. The number of carbonyl (C=O) groups is 1. The Labute approximate surface area is 207 Å². The highest BCUT2D eigenvalue weighted by Crippen LogP contribution is 2.33. The quantitative estimate of drug-likeness (QED) is 0.307. The topological polar surface area (TPSA) is 155 Å². The number of fused-ring (bicyclic) bond motifs is 1. The van der Waals surface area contributed by atoms with Crippen LogP contribution in [0.4, 0.5) is 5.95 Å². The van der Waals surface area contributed by atoms with E-state index in [-0.39, 0.29) is 17.2 Å². The standard InChI is InChI=1S/C24H25N6O5P/c1-4-30-20(11-15(2)28-30)23(31)27-24-26-19-12-17(14-25)13-21(35-3)22(19)29(24)10-9-16-5-7-18(8-6-16)36(32,33)34/h5-8,11-13H,4,9-10H2,1-3H3,(H,26,27,31)(H2,32,33,34). The molecule has 11 nitrogen and oxygen atoms in total. The summed E-state index contributed by atoms with van der Waals surface area (Å²) in [6, 6.07) is 13.1. The summed E-state index contributed by atoms with van der Waals surface area (Å²) in [7, 11) is -2.83. The minimum absolute atomic E-state index is 0.0548. The molecule has 0 atom stereocenters. The molecule has 0 saturated heterocycles. The second kappa shape index (κ2) is 9.95. The molecule has 0 unspecified atom stereocenters. The molecule has 4 rings (SSSR count). The predicted octanol–water partition coefficient (Wildman–Crippen LogP) is 2.74. The number of aryl methyl sites for hydroxylation is 4. The first-order chi connectivity index (χ1) is 17.1. The minimum Gasteiger partial charge on any atom is -0.494 e. The summed E-state index contributed by atoms with van der Waals surface area (Å²) in [4.78, 5) is 36.4. The number of nitriles is 1. The summed E-state index contributed by atoms with van der Waals surface area (Å²) in [5.74, 6) is 0.333. The number of carbonyl (C=O) groups excluding carboxylic acids is 1. The number of rotatable bonds is 8. The number of imidazole rings is 1. The third-order valence-corrected chi connectivity index (χ3v) is 6.68. The Morgan fingerprint density at radius 3 is 2.56 bits per heavy atom. The molecule has 0 fully saturated rings. The first-order valence-corrected chi connectivity index (χ1v) is 12.7. The molecule has 1 amide bonds. The maximum Gasteiger partial charge on any atom is 0.356 e. The van der Waals surface area contributed by atoms with Crippen LogP contribution in [-0.4, -0.2) is 42.1 Å². The van der Waals surface area contributed by atoms with E-state index in [4.69, 9.17) is 4.74 Å². The number of ether oxygens (including phenoxy) is 1. The molecule has 36 heavy (non-hydrogen) atoms. The van der Waals surface area contributed by atoms with Crippen molar-refractivity contribution in [1.29, 1.82) is 5.26 Å². The van der Waals surface area contributed by atoms with Gasteiger partial charge in [-0.25, -0.2) is 4.98 Å². The lowest BCUT2D eigenvalue weighted by molar-refractivity contribution is 0.101. The summed E-state index contributed by atoms with van der Waals surface area (Å²) in [5, 5.41) is 16.5. The Hall–Kier alpha value is -3.97. The van der Waals surface area contributed by atoms with Gasteiger partial charge in [0, 0.05) is 19.2 Å². The fourth-order valence-corrected chi connectivity index (χ4v) is 4.53. The molecule has 0 aliphatic carbocycles. The Kier molecular flexibility index (Phi) is 6.95. The minimum atomic E-state index is -4.33. The van der Waals surface area contributed by atoms with Crippen LogP contribution in [0.25, 0.3) is 11.0 Å². The van der Waals surface area contributed by atoms with Gasteiger partial charge in [0.15, 0.2) is 0 Å². The van der Waals surface area contributed by atoms with Crippen LogP contribution in [-0.2, 0) is 24.1 Å². The van der Waals surface area contributed by atoms with E-state index >= 15 is 0 Å². The summed E-state index contributed by atoms with van der Waals surface area (Å²) in [5.41, 5.74) is 3.41. The van der Waals surface area contributed by atoms with Crippen molar-refractivity contribution in [2.45, 2.75) is 33.4 Å². The highest BCUT2D eigenvalue weighted by atomic mass is 31.2. The monoisotopic (exact) mass is 508 g/mol. The lowest BCUT2D eigenvalue weighted by Crippen LogP contribution is -2.20. The first kappa shape index (κ1) is 25.1. The Balaban J connectivity index is 1.73. The average molecular weight is 508 g/mol. The van der Waals surface area contributed by atoms with Crippen LogP contribution in [0.15, 0.2) is 42.5 Å². The molecule has 0 saturated carbocycles. The molecular weight excluding hydrogens is 483 g/mol. The van der Waals surface area contributed by atoms with Gasteiger partial charge in [-0.2, -0.15) is 10.4 Å². The van der Waals surface area contributed by atoms with Gasteiger partial charge in [0.25, 0.3) is 5.91 Å². The van der Waals surface area contributed by atoms with Crippen LogP contribution >= 0.6 is 7.60 Å². The van der Waals surface area contributed by atoms with Crippen LogP contribution in [0.2, 0.25) is 0 Å². The van der Waals surface area contributed by atoms with E-state index in [0.717, 1.165) is 11.3 Å². The lowest BCUT2D eigenvalue weighted by atomic mass is 10.1. The average Bonchev–Trinajstić information content (AvgIpc) is 3.41. The number of hydrogen-bond donors (Lipinski definition) is 3.